The number of ether oxygens (including phenoxy) is 2. The molecule has 0 radical (unpaired) electrons. The van der Waals surface area contributed by atoms with E-state index in [0.717, 1.165) is 8.58 Å². The number of rotatable bonds is 3. The zero-order valence-corrected chi connectivity index (χ0v) is 14.8. The van der Waals surface area contributed by atoms with Crippen molar-refractivity contribution in [3.8, 4) is 0 Å². The van der Waals surface area contributed by atoms with Gasteiger partial charge >= 0.3 is 29.6 Å². The molecule has 1 aliphatic rings. The van der Waals surface area contributed by atoms with Gasteiger partial charge in [-0.05, 0) is 11.8 Å². The molecule has 16 heavy (non-hydrogen) atoms. The third-order valence-electron chi connectivity index (χ3n) is 2.65. The molecule has 92 valence electrons. The quantitative estimate of drug-likeness (QED) is 0.548. The summed E-state index contributed by atoms with van der Waals surface area (Å²) in [6.07, 6.45) is -0.00829. The molecule has 0 saturated carbocycles. The van der Waals surface area contributed by atoms with Crippen molar-refractivity contribution in [1.82, 2.24) is 0 Å². The van der Waals surface area contributed by atoms with Crippen LogP contribution in [0.3, 0.4) is 0 Å². The molecule has 0 aromatic rings. The fourth-order valence-corrected chi connectivity index (χ4v) is 3.09. The molecule has 4 heteroatoms. The van der Waals surface area contributed by atoms with Crippen LogP contribution in [-0.4, -0.2) is 18.0 Å². The third-order valence-corrected chi connectivity index (χ3v) is 4.91. The Bertz CT molecular complexity index is 164. The molecule has 1 rings (SSSR count). The average molecular weight is 256 g/mol. The minimum Gasteiger partial charge on any atom is -1.00 e. The molecule has 2 unspecified atom stereocenters. The third kappa shape index (κ3) is 4.92. The van der Waals surface area contributed by atoms with Gasteiger partial charge in [-0.25, -0.2) is 0 Å². The predicted molar refractivity (Wildman–Crippen MR) is 67.5 cm³/mol. The van der Waals surface area contributed by atoms with Crippen LogP contribution in [0.4, 0.5) is 0 Å². The Balaban J connectivity index is 0. The van der Waals surface area contributed by atoms with Crippen molar-refractivity contribution in [3.63, 3.8) is 0 Å². The second-order valence-electron chi connectivity index (χ2n) is 5.38. The summed E-state index contributed by atoms with van der Waals surface area (Å²) in [6, 6.07) is 0. The first kappa shape index (κ1) is 17.4. The molecule has 0 amide bonds. The summed E-state index contributed by atoms with van der Waals surface area (Å²) in [6.45, 7) is 13.3. The van der Waals surface area contributed by atoms with Gasteiger partial charge in [0.2, 0.25) is 0 Å². The van der Waals surface area contributed by atoms with E-state index in [2.05, 4.69) is 41.5 Å². The van der Waals surface area contributed by atoms with E-state index in [1.54, 1.807) is 0 Å². The summed E-state index contributed by atoms with van der Waals surface area (Å²) < 4.78 is 12.0. The summed E-state index contributed by atoms with van der Waals surface area (Å²) in [4.78, 5) is 0. The van der Waals surface area contributed by atoms with E-state index in [0.29, 0.717) is 29.4 Å². The number of hydrogen-bond donors (Lipinski definition) is 0. The van der Waals surface area contributed by atoms with Crippen LogP contribution < -0.4 is 29.6 Å². The molecule has 0 spiro atoms. The Labute approximate surface area is 126 Å². The standard InChI is InChI=1S/C12H25O2P.Na.H/c1-7(2)10-13-11(8(3)4)15-12(14-10)9(5)6;;/h7-12,15H,1-6H3;;/q;+1;-1. The maximum atomic E-state index is 5.98. The maximum absolute atomic E-state index is 5.98. The van der Waals surface area contributed by atoms with E-state index in [4.69, 9.17) is 9.47 Å². The van der Waals surface area contributed by atoms with E-state index in [-0.39, 0.29) is 37.3 Å². The molecule has 0 aliphatic carbocycles. The first-order valence-corrected chi connectivity index (χ1v) is 7.14. The number of hydrogen-bond acceptors (Lipinski definition) is 2. The molecule has 1 aliphatic heterocycles. The molecule has 2 atom stereocenters. The second-order valence-corrected chi connectivity index (χ2v) is 6.85. The minimum absolute atomic E-state index is 0. The Kier molecular flexibility index (Phi) is 8.36. The SMILES string of the molecule is CC(C)C1OC(C(C)C)PC(C(C)C)O1.[H-].[Na+]. The van der Waals surface area contributed by atoms with Crippen LogP contribution >= 0.6 is 8.58 Å². The summed E-state index contributed by atoms with van der Waals surface area (Å²) in [7, 11) is 0.779. The zero-order valence-electron chi connectivity index (χ0n) is 12.8. The molecule has 0 aromatic carbocycles. The molecule has 2 nitrogen and oxygen atoms in total. The monoisotopic (exact) mass is 256 g/mol. The molecule has 0 bridgehead atoms. The Hall–Kier alpha value is 1.35. The summed E-state index contributed by atoms with van der Waals surface area (Å²) in [5, 5.41) is 0. The van der Waals surface area contributed by atoms with Crippen LogP contribution in [0.2, 0.25) is 0 Å². The Morgan fingerprint density at radius 1 is 0.812 bits per heavy atom. The molecule has 1 heterocycles. The Morgan fingerprint density at radius 3 is 1.44 bits per heavy atom. The molecule has 1 saturated heterocycles. The second kappa shape index (κ2) is 7.71. The zero-order chi connectivity index (χ0) is 11.6. The van der Waals surface area contributed by atoms with E-state index >= 15 is 0 Å². The maximum Gasteiger partial charge on any atom is 1.00 e. The molecular weight excluding hydrogens is 230 g/mol. The van der Waals surface area contributed by atoms with Gasteiger partial charge < -0.3 is 10.9 Å². The van der Waals surface area contributed by atoms with E-state index in [1.807, 2.05) is 0 Å². The van der Waals surface area contributed by atoms with Gasteiger partial charge in [0.05, 0.1) is 11.7 Å². The van der Waals surface area contributed by atoms with Gasteiger partial charge in [0.1, 0.15) is 0 Å². The van der Waals surface area contributed by atoms with E-state index in [1.165, 1.54) is 0 Å². The van der Waals surface area contributed by atoms with Crippen LogP contribution in [0.5, 0.6) is 0 Å². The van der Waals surface area contributed by atoms with Gasteiger partial charge in [-0.1, -0.05) is 50.1 Å². The van der Waals surface area contributed by atoms with Gasteiger partial charge in [-0.2, -0.15) is 0 Å². The van der Waals surface area contributed by atoms with Crippen LogP contribution in [0.1, 0.15) is 43.0 Å². The molecule has 1 fully saturated rings. The van der Waals surface area contributed by atoms with Gasteiger partial charge in [-0.3, -0.25) is 0 Å². The topological polar surface area (TPSA) is 18.5 Å². The van der Waals surface area contributed by atoms with Crippen molar-refractivity contribution < 1.29 is 40.5 Å². The van der Waals surface area contributed by atoms with Crippen LogP contribution in [0.25, 0.3) is 0 Å². The predicted octanol–water partition coefficient (Wildman–Crippen LogP) is 0.774. The van der Waals surface area contributed by atoms with Crippen LogP contribution in [-0.2, 0) is 9.47 Å². The molecular formula is C12H26NaO2P. The molecule has 0 aromatic heterocycles. The fourth-order valence-electron chi connectivity index (χ4n) is 1.57. The Morgan fingerprint density at radius 2 is 1.19 bits per heavy atom. The molecule has 0 N–H and O–H groups in total. The normalized spacial score (nSPS) is 32.4. The first-order chi connectivity index (χ1) is 6.91. The van der Waals surface area contributed by atoms with Gasteiger partial charge in [0.25, 0.3) is 0 Å². The van der Waals surface area contributed by atoms with E-state index < -0.39 is 0 Å². The average Bonchev–Trinajstić information content (AvgIpc) is 2.16. The summed E-state index contributed by atoms with van der Waals surface area (Å²) in [5.41, 5.74) is 0. The summed E-state index contributed by atoms with van der Waals surface area (Å²) >= 11 is 0. The van der Waals surface area contributed by atoms with Crippen molar-refractivity contribution in [2.75, 3.05) is 0 Å². The minimum atomic E-state index is -0.00829. The van der Waals surface area contributed by atoms with E-state index in [9.17, 15) is 0 Å². The van der Waals surface area contributed by atoms with Crippen molar-refractivity contribution in [1.29, 1.82) is 0 Å². The first-order valence-electron chi connectivity index (χ1n) is 5.98. The van der Waals surface area contributed by atoms with Gasteiger partial charge in [0.15, 0.2) is 6.29 Å². The van der Waals surface area contributed by atoms with Crippen molar-refractivity contribution in [2.24, 2.45) is 17.8 Å². The van der Waals surface area contributed by atoms with Crippen LogP contribution in [0, 0.1) is 17.8 Å². The van der Waals surface area contributed by atoms with Crippen molar-refractivity contribution in [2.45, 2.75) is 59.5 Å². The van der Waals surface area contributed by atoms with Crippen molar-refractivity contribution >= 4 is 8.58 Å². The largest absolute Gasteiger partial charge is 1.00 e. The summed E-state index contributed by atoms with van der Waals surface area (Å²) in [5.74, 6) is 2.40. The van der Waals surface area contributed by atoms with Crippen molar-refractivity contribution in [3.05, 3.63) is 0 Å². The van der Waals surface area contributed by atoms with Crippen LogP contribution in [0.15, 0.2) is 0 Å². The van der Waals surface area contributed by atoms with Gasteiger partial charge in [0, 0.05) is 5.92 Å². The van der Waals surface area contributed by atoms with Gasteiger partial charge in [-0.15, -0.1) is 0 Å². The fraction of sp³-hybridized carbons (Fsp3) is 1.00. The smallest absolute Gasteiger partial charge is 1.00 e.